The van der Waals surface area contributed by atoms with Gasteiger partial charge in [-0.3, -0.25) is 9.59 Å². The van der Waals surface area contributed by atoms with E-state index in [4.69, 9.17) is 52.1 Å². The van der Waals surface area contributed by atoms with Crippen molar-refractivity contribution in [2.45, 2.75) is 123 Å². The Morgan fingerprint density at radius 2 is 0.444 bits per heavy atom. The first-order valence-corrected chi connectivity index (χ1v) is 21.2. The minimum atomic E-state index is -0.145. The molecule has 13 nitrogen and oxygen atoms in total. The normalized spacial score (nSPS) is 11.4. The van der Waals surface area contributed by atoms with Crippen LogP contribution < -0.4 is 0 Å². The molecule has 0 aliphatic carbocycles. The number of carbonyl (C=O) groups is 2. The fourth-order valence-corrected chi connectivity index (χ4v) is 5.06. The maximum Gasteiger partial charge on any atom is 0.305 e. The molecule has 0 amide bonds. The number of rotatable bonds is 47. The molecule has 54 heavy (non-hydrogen) atoms. The van der Waals surface area contributed by atoms with E-state index < -0.39 is 0 Å². The number of hydrogen-bond donors (Lipinski definition) is 0. The zero-order chi connectivity index (χ0) is 39.1. The van der Waals surface area contributed by atoms with Crippen molar-refractivity contribution in [3.05, 3.63) is 0 Å². The van der Waals surface area contributed by atoms with E-state index in [0.29, 0.717) is 132 Å². The Bertz CT molecular complexity index is 744. The van der Waals surface area contributed by atoms with Gasteiger partial charge in [0.2, 0.25) is 0 Å². The highest BCUT2D eigenvalue weighted by Crippen LogP contribution is 2.11. The molecule has 0 spiro atoms. The highest BCUT2D eigenvalue weighted by molar-refractivity contribution is 5.69. The van der Waals surface area contributed by atoms with Gasteiger partial charge >= 0.3 is 11.9 Å². The molecule has 0 fully saturated rings. The quantitative estimate of drug-likeness (QED) is 0.0469. The third-order valence-electron chi connectivity index (χ3n) is 8.18. The van der Waals surface area contributed by atoms with Gasteiger partial charge < -0.3 is 52.1 Å². The van der Waals surface area contributed by atoms with Crippen molar-refractivity contribution in [3.8, 4) is 0 Å². The minimum absolute atomic E-state index is 0.139. The summed E-state index contributed by atoms with van der Waals surface area (Å²) in [6.07, 6.45) is 19.0. The predicted octanol–water partition coefficient (Wildman–Crippen LogP) is 6.89. The van der Waals surface area contributed by atoms with E-state index in [1.165, 1.54) is 70.6 Å². The molecule has 0 aromatic carbocycles. The second-order valence-corrected chi connectivity index (χ2v) is 13.0. The van der Waals surface area contributed by atoms with E-state index in [1.807, 2.05) is 0 Å². The van der Waals surface area contributed by atoms with E-state index in [1.54, 1.807) is 0 Å². The molecule has 0 radical (unpaired) electrons. The first-order chi connectivity index (χ1) is 26.7. The molecule has 0 unspecified atom stereocenters. The third kappa shape index (κ3) is 46.7. The van der Waals surface area contributed by atoms with E-state index in [9.17, 15) is 9.59 Å². The van der Waals surface area contributed by atoms with Crippen LogP contribution in [0.5, 0.6) is 0 Å². The van der Waals surface area contributed by atoms with Crippen LogP contribution in [-0.2, 0) is 61.7 Å². The number of ether oxygens (including phenoxy) is 11. The predicted molar refractivity (Wildman–Crippen MR) is 209 cm³/mol. The Morgan fingerprint density at radius 3 is 0.667 bits per heavy atom. The number of carbonyl (C=O) groups excluding carboxylic acids is 2. The number of unbranched alkanes of at least 4 members (excludes halogenated alkanes) is 13. The first-order valence-electron chi connectivity index (χ1n) is 21.2. The summed E-state index contributed by atoms with van der Waals surface area (Å²) in [5.41, 5.74) is 0. The SMILES string of the molecule is CCCCCCCCCCCC(=O)OCCOCCOCCOCCOCCOCCOCCOCCOCCOCCOC(=O)CCCCCCCC. The second kappa shape index (κ2) is 47.7. The maximum atomic E-state index is 11.8. The topological polar surface area (TPSA) is 136 Å². The van der Waals surface area contributed by atoms with Crippen molar-refractivity contribution < 1.29 is 61.7 Å². The summed E-state index contributed by atoms with van der Waals surface area (Å²) in [5.74, 6) is -0.284. The molecule has 13 heteroatoms. The van der Waals surface area contributed by atoms with E-state index in [0.717, 1.165) is 25.7 Å². The molecule has 0 rings (SSSR count). The summed E-state index contributed by atoms with van der Waals surface area (Å²) in [6.45, 7) is 13.5. The standard InChI is InChI=1S/C41H80O13/c1-3-5-7-9-11-12-13-15-17-19-41(43)54-39-37-52-35-33-50-31-29-48-27-25-46-23-21-44-20-22-45-24-26-47-28-30-49-32-34-51-36-38-53-40(42)18-16-14-10-8-6-4-2/h3-39H2,1-2H3. The fourth-order valence-electron chi connectivity index (χ4n) is 5.06. The Labute approximate surface area is 328 Å². The summed E-state index contributed by atoms with van der Waals surface area (Å²) in [5, 5.41) is 0. The van der Waals surface area contributed by atoms with Gasteiger partial charge in [-0.05, 0) is 12.8 Å². The van der Waals surface area contributed by atoms with Crippen LogP contribution in [0.3, 0.4) is 0 Å². The highest BCUT2D eigenvalue weighted by atomic mass is 16.6. The van der Waals surface area contributed by atoms with Gasteiger partial charge in [0.25, 0.3) is 0 Å². The van der Waals surface area contributed by atoms with Gasteiger partial charge in [0, 0.05) is 12.8 Å². The van der Waals surface area contributed by atoms with Crippen LogP contribution in [0.2, 0.25) is 0 Å². The lowest BCUT2D eigenvalue weighted by Gasteiger charge is -2.09. The molecule has 0 heterocycles. The molecule has 0 saturated carbocycles. The van der Waals surface area contributed by atoms with Crippen LogP contribution in [0.25, 0.3) is 0 Å². The molecule has 0 saturated heterocycles. The van der Waals surface area contributed by atoms with E-state index in [-0.39, 0.29) is 25.2 Å². The van der Waals surface area contributed by atoms with Crippen molar-refractivity contribution in [3.63, 3.8) is 0 Å². The summed E-state index contributed by atoms with van der Waals surface area (Å²) in [7, 11) is 0. The Hall–Kier alpha value is -1.42. The zero-order valence-corrected chi connectivity index (χ0v) is 34.5. The lowest BCUT2D eigenvalue weighted by atomic mass is 10.1. The minimum Gasteiger partial charge on any atom is -0.463 e. The highest BCUT2D eigenvalue weighted by Gasteiger charge is 2.04. The molecule has 0 aliphatic heterocycles. The van der Waals surface area contributed by atoms with Crippen LogP contribution in [0.15, 0.2) is 0 Å². The number of esters is 2. The van der Waals surface area contributed by atoms with E-state index >= 15 is 0 Å². The molecular weight excluding hydrogens is 700 g/mol. The van der Waals surface area contributed by atoms with Crippen molar-refractivity contribution in [2.24, 2.45) is 0 Å². The lowest BCUT2D eigenvalue weighted by Crippen LogP contribution is -2.15. The van der Waals surface area contributed by atoms with Gasteiger partial charge in [-0.2, -0.15) is 0 Å². The molecule has 0 aromatic rings. The van der Waals surface area contributed by atoms with Gasteiger partial charge in [-0.25, -0.2) is 0 Å². The fraction of sp³-hybridized carbons (Fsp3) is 0.951. The Morgan fingerprint density at radius 1 is 0.259 bits per heavy atom. The largest absolute Gasteiger partial charge is 0.463 e. The smallest absolute Gasteiger partial charge is 0.305 e. The molecule has 0 aromatic heterocycles. The van der Waals surface area contributed by atoms with Gasteiger partial charge in [0.1, 0.15) is 13.2 Å². The molecular formula is C41H80O13. The third-order valence-corrected chi connectivity index (χ3v) is 8.18. The molecule has 322 valence electrons. The van der Waals surface area contributed by atoms with Crippen molar-refractivity contribution in [1.82, 2.24) is 0 Å². The average molecular weight is 781 g/mol. The lowest BCUT2D eigenvalue weighted by molar-refractivity contribution is -0.146. The average Bonchev–Trinajstić information content (AvgIpc) is 3.17. The number of hydrogen-bond acceptors (Lipinski definition) is 13. The Balaban J connectivity index is 3.14. The maximum absolute atomic E-state index is 11.8. The summed E-state index contributed by atoms with van der Waals surface area (Å²) in [6, 6.07) is 0. The summed E-state index contributed by atoms with van der Waals surface area (Å²) >= 11 is 0. The molecule has 0 atom stereocenters. The van der Waals surface area contributed by atoms with Gasteiger partial charge in [-0.1, -0.05) is 97.3 Å². The Kier molecular flexibility index (Phi) is 46.5. The van der Waals surface area contributed by atoms with Crippen LogP contribution in [0, 0.1) is 0 Å². The molecule has 0 bridgehead atoms. The van der Waals surface area contributed by atoms with E-state index in [2.05, 4.69) is 13.8 Å². The van der Waals surface area contributed by atoms with Crippen LogP contribution in [0.1, 0.15) is 123 Å². The van der Waals surface area contributed by atoms with Crippen molar-refractivity contribution >= 4 is 11.9 Å². The van der Waals surface area contributed by atoms with Crippen LogP contribution in [0.4, 0.5) is 0 Å². The summed E-state index contributed by atoms with van der Waals surface area (Å²) < 4.78 is 59.7. The zero-order valence-electron chi connectivity index (χ0n) is 34.5. The second-order valence-electron chi connectivity index (χ2n) is 13.0. The van der Waals surface area contributed by atoms with Gasteiger partial charge in [0.15, 0.2) is 0 Å². The molecule has 0 N–H and O–H groups in total. The van der Waals surface area contributed by atoms with Crippen molar-refractivity contribution in [1.29, 1.82) is 0 Å². The van der Waals surface area contributed by atoms with Gasteiger partial charge in [0.05, 0.1) is 119 Å². The monoisotopic (exact) mass is 781 g/mol. The van der Waals surface area contributed by atoms with Gasteiger partial charge in [-0.15, -0.1) is 0 Å². The molecule has 0 aliphatic rings. The van der Waals surface area contributed by atoms with Crippen LogP contribution >= 0.6 is 0 Å². The van der Waals surface area contributed by atoms with Crippen molar-refractivity contribution in [2.75, 3.05) is 132 Å². The van der Waals surface area contributed by atoms with Crippen LogP contribution in [-0.4, -0.2) is 144 Å². The first kappa shape index (κ1) is 52.6. The summed E-state index contributed by atoms with van der Waals surface area (Å²) in [4.78, 5) is 23.5.